The Labute approximate surface area is 144 Å². The third-order valence-corrected chi connectivity index (χ3v) is 4.61. The van der Waals surface area contributed by atoms with Crippen LogP contribution in [0.4, 0.5) is 24.5 Å². The van der Waals surface area contributed by atoms with Crippen molar-refractivity contribution in [2.75, 3.05) is 49.6 Å². The van der Waals surface area contributed by atoms with E-state index in [1.54, 1.807) is 0 Å². The number of nitrogens with one attached hydrogen (secondary N) is 1. The maximum atomic E-state index is 12.5. The number of ether oxygens (including phenoxy) is 1. The lowest BCUT2D eigenvalue weighted by atomic mass is 10.1. The highest BCUT2D eigenvalue weighted by Crippen LogP contribution is 2.24. The molecule has 0 aliphatic carbocycles. The summed E-state index contributed by atoms with van der Waals surface area (Å²) >= 11 is 0. The average molecular weight is 357 g/mol. The number of carbonyl (C=O) groups excluding carboxylic acids is 1. The van der Waals surface area contributed by atoms with Crippen LogP contribution in [0.2, 0.25) is 0 Å². The van der Waals surface area contributed by atoms with Gasteiger partial charge in [-0.15, -0.1) is 0 Å². The molecule has 1 N–H and O–H groups in total. The van der Waals surface area contributed by atoms with E-state index >= 15 is 0 Å². The van der Waals surface area contributed by atoms with Gasteiger partial charge in [0.1, 0.15) is 0 Å². The van der Waals surface area contributed by atoms with Gasteiger partial charge in [-0.3, -0.25) is 4.79 Å². The molecular weight excluding hydrogens is 335 g/mol. The van der Waals surface area contributed by atoms with Gasteiger partial charge in [0, 0.05) is 56.8 Å². The third kappa shape index (κ3) is 4.56. The molecule has 0 atom stereocenters. The molecule has 138 valence electrons. The van der Waals surface area contributed by atoms with Crippen LogP contribution in [-0.2, 0) is 9.53 Å². The van der Waals surface area contributed by atoms with Crippen LogP contribution in [0.5, 0.6) is 0 Å². The second kappa shape index (κ2) is 7.51. The number of hydrogen-bond acceptors (Lipinski definition) is 4. The predicted octanol–water partition coefficient (Wildman–Crippen LogP) is 2.49. The fourth-order valence-corrected chi connectivity index (χ4v) is 3.22. The van der Waals surface area contributed by atoms with Crippen molar-refractivity contribution in [2.24, 2.45) is 0 Å². The summed E-state index contributed by atoms with van der Waals surface area (Å²) in [6, 6.07) is 8.25. The first-order chi connectivity index (χ1) is 11.9. The van der Waals surface area contributed by atoms with Crippen LogP contribution in [0.3, 0.4) is 0 Å². The molecule has 0 radical (unpaired) electrons. The van der Waals surface area contributed by atoms with E-state index in [1.165, 1.54) is 0 Å². The summed E-state index contributed by atoms with van der Waals surface area (Å²) in [7, 11) is 0. The lowest BCUT2D eigenvalue weighted by molar-refractivity contribution is -0.185. The lowest BCUT2D eigenvalue weighted by Crippen LogP contribution is -2.52. The van der Waals surface area contributed by atoms with Gasteiger partial charge in [0.25, 0.3) is 0 Å². The molecule has 0 saturated carbocycles. The van der Waals surface area contributed by atoms with E-state index in [1.807, 2.05) is 29.2 Å². The van der Waals surface area contributed by atoms with Gasteiger partial charge in [0.2, 0.25) is 0 Å². The standard InChI is InChI=1S/C17H22F3N3O2/c18-17(19,20)16(24)23-8-6-22(7-9-23)15-3-1-2-14(12-15)21-13-4-10-25-11-5-13/h1-3,12-13,21H,4-11H2. The Morgan fingerprint density at radius 1 is 1.12 bits per heavy atom. The number of carbonyl (C=O) groups is 1. The number of benzene rings is 1. The van der Waals surface area contributed by atoms with Crippen molar-refractivity contribution in [2.45, 2.75) is 25.1 Å². The third-order valence-electron chi connectivity index (χ3n) is 4.61. The summed E-state index contributed by atoms with van der Waals surface area (Å²) in [6.07, 6.45) is -2.87. The smallest absolute Gasteiger partial charge is 0.382 e. The molecule has 8 heteroatoms. The summed E-state index contributed by atoms with van der Waals surface area (Å²) in [5, 5.41) is 3.49. The van der Waals surface area contributed by atoms with Crippen molar-refractivity contribution in [3.63, 3.8) is 0 Å². The van der Waals surface area contributed by atoms with Gasteiger partial charge in [-0.2, -0.15) is 13.2 Å². The SMILES string of the molecule is O=C(N1CCN(c2cccc(NC3CCOCC3)c2)CC1)C(F)(F)F. The second-order valence-electron chi connectivity index (χ2n) is 6.36. The lowest BCUT2D eigenvalue weighted by Gasteiger charge is -2.36. The Morgan fingerprint density at radius 3 is 2.44 bits per heavy atom. The minimum atomic E-state index is -4.80. The van der Waals surface area contributed by atoms with Crippen LogP contribution in [0.15, 0.2) is 24.3 Å². The maximum absolute atomic E-state index is 12.5. The van der Waals surface area contributed by atoms with Crippen molar-refractivity contribution < 1.29 is 22.7 Å². The number of piperazine rings is 1. The summed E-state index contributed by atoms with van der Waals surface area (Å²) in [5.41, 5.74) is 1.95. The first-order valence-corrected chi connectivity index (χ1v) is 8.49. The largest absolute Gasteiger partial charge is 0.471 e. The Balaban J connectivity index is 1.58. The van der Waals surface area contributed by atoms with Crippen LogP contribution in [0.1, 0.15) is 12.8 Å². The fraction of sp³-hybridized carbons (Fsp3) is 0.588. The highest BCUT2D eigenvalue weighted by atomic mass is 19.4. The number of amides is 1. The van der Waals surface area contributed by atoms with Crippen LogP contribution in [-0.4, -0.2) is 62.4 Å². The van der Waals surface area contributed by atoms with Gasteiger partial charge in [0.15, 0.2) is 0 Å². The summed E-state index contributed by atoms with van der Waals surface area (Å²) in [6.45, 7) is 2.45. The molecule has 2 heterocycles. The molecule has 0 spiro atoms. The molecule has 1 amide bonds. The Kier molecular flexibility index (Phi) is 5.36. The second-order valence-corrected chi connectivity index (χ2v) is 6.36. The van der Waals surface area contributed by atoms with Crippen molar-refractivity contribution in [1.82, 2.24) is 4.90 Å². The van der Waals surface area contributed by atoms with Gasteiger partial charge in [-0.05, 0) is 31.0 Å². The van der Waals surface area contributed by atoms with Crippen LogP contribution in [0.25, 0.3) is 0 Å². The summed E-state index contributed by atoms with van der Waals surface area (Å²) < 4.78 is 42.9. The van der Waals surface area contributed by atoms with Crippen molar-refractivity contribution in [3.05, 3.63) is 24.3 Å². The average Bonchev–Trinajstić information content (AvgIpc) is 2.61. The van der Waals surface area contributed by atoms with Gasteiger partial charge >= 0.3 is 12.1 Å². The summed E-state index contributed by atoms with van der Waals surface area (Å²) in [4.78, 5) is 14.2. The molecule has 2 fully saturated rings. The summed E-state index contributed by atoms with van der Waals surface area (Å²) in [5.74, 6) is -1.75. The van der Waals surface area contributed by atoms with Crippen LogP contribution in [0, 0.1) is 0 Å². The van der Waals surface area contributed by atoms with E-state index in [0.29, 0.717) is 19.1 Å². The Morgan fingerprint density at radius 2 is 1.80 bits per heavy atom. The minimum absolute atomic E-state index is 0.0793. The highest BCUT2D eigenvalue weighted by molar-refractivity contribution is 5.82. The van der Waals surface area contributed by atoms with Crippen molar-refractivity contribution in [3.8, 4) is 0 Å². The first kappa shape index (κ1) is 17.8. The number of nitrogens with zero attached hydrogens (tertiary/aromatic N) is 2. The molecule has 5 nitrogen and oxygen atoms in total. The topological polar surface area (TPSA) is 44.8 Å². The predicted molar refractivity (Wildman–Crippen MR) is 88.8 cm³/mol. The van der Waals surface area contributed by atoms with E-state index in [2.05, 4.69) is 5.32 Å². The highest BCUT2D eigenvalue weighted by Gasteiger charge is 2.43. The van der Waals surface area contributed by atoms with Crippen molar-refractivity contribution >= 4 is 17.3 Å². The number of hydrogen-bond donors (Lipinski definition) is 1. The van der Waals surface area contributed by atoms with Gasteiger partial charge in [0.05, 0.1) is 0 Å². The van der Waals surface area contributed by atoms with Crippen molar-refractivity contribution in [1.29, 1.82) is 0 Å². The number of halogens is 3. The van der Waals surface area contributed by atoms with Gasteiger partial charge in [-0.1, -0.05) is 6.07 Å². The Hall–Kier alpha value is -1.96. The monoisotopic (exact) mass is 357 g/mol. The van der Waals surface area contributed by atoms with E-state index in [4.69, 9.17) is 4.74 Å². The molecule has 2 aliphatic rings. The van der Waals surface area contributed by atoms with Gasteiger partial charge in [-0.25, -0.2) is 0 Å². The van der Waals surface area contributed by atoms with E-state index in [0.717, 1.165) is 42.3 Å². The molecule has 2 aliphatic heterocycles. The number of rotatable bonds is 3. The molecule has 2 saturated heterocycles. The van der Waals surface area contributed by atoms with Gasteiger partial charge < -0.3 is 19.9 Å². The molecule has 1 aromatic rings. The number of alkyl halides is 3. The zero-order valence-corrected chi connectivity index (χ0v) is 13.9. The van der Waals surface area contributed by atoms with Crippen LogP contribution >= 0.6 is 0 Å². The zero-order chi connectivity index (χ0) is 17.9. The van der Waals surface area contributed by atoms with E-state index < -0.39 is 12.1 Å². The molecular formula is C17H22F3N3O2. The molecule has 1 aromatic carbocycles. The van der Waals surface area contributed by atoms with Crippen LogP contribution < -0.4 is 10.2 Å². The quantitative estimate of drug-likeness (QED) is 0.903. The first-order valence-electron chi connectivity index (χ1n) is 8.49. The number of anilines is 2. The molecule has 0 bridgehead atoms. The molecule has 0 unspecified atom stereocenters. The molecule has 25 heavy (non-hydrogen) atoms. The maximum Gasteiger partial charge on any atom is 0.471 e. The van der Waals surface area contributed by atoms with E-state index in [9.17, 15) is 18.0 Å². The molecule has 3 rings (SSSR count). The normalized spacial score (nSPS) is 19.8. The minimum Gasteiger partial charge on any atom is -0.382 e. The Bertz CT molecular complexity index is 595. The fourth-order valence-electron chi connectivity index (χ4n) is 3.22. The van der Waals surface area contributed by atoms with E-state index in [-0.39, 0.29) is 13.1 Å². The molecule has 0 aromatic heterocycles. The zero-order valence-electron chi connectivity index (χ0n) is 13.9.